The fourth-order valence-electron chi connectivity index (χ4n) is 2.64. The van der Waals surface area contributed by atoms with Gasteiger partial charge in [-0.05, 0) is 25.5 Å². The van der Waals surface area contributed by atoms with Gasteiger partial charge in [0.25, 0.3) is 5.91 Å². The molecule has 0 aromatic rings. The number of hydrogen-bond donors (Lipinski definition) is 1. The van der Waals surface area contributed by atoms with Gasteiger partial charge in [-0.15, -0.1) is 0 Å². The van der Waals surface area contributed by atoms with Gasteiger partial charge >= 0.3 is 0 Å². The summed E-state index contributed by atoms with van der Waals surface area (Å²) in [5.74, 6) is -0.375. The smallest absolute Gasteiger partial charge is 0.259 e. The Kier molecular flexibility index (Phi) is 7.04. The number of nitrogens with one attached hydrogen (secondary N) is 1. The molecule has 0 spiro atoms. The topological polar surface area (TPSA) is 49.4 Å². The van der Waals surface area contributed by atoms with E-state index in [0.717, 1.165) is 5.57 Å². The molecule has 2 fully saturated rings. The summed E-state index contributed by atoms with van der Waals surface area (Å²) in [6.07, 6.45) is 7.42. The van der Waals surface area contributed by atoms with Crippen molar-refractivity contribution in [2.24, 2.45) is 0 Å². The highest BCUT2D eigenvalue weighted by molar-refractivity contribution is 7.80. The lowest BCUT2D eigenvalue weighted by molar-refractivity contribution is -0.125. The number of carbonyl (C=O) groups excluding carboxylic acids is 2. The molecule has 2 aliphatic rings. The first-order valence-corrected chi connectivity index (χ1v) is 8.37. The Bertz CT molecular complexity index is 663. The standard InChI is InChI=1S/C17H18N2O2S.C2H6/c1-5-7-8-13-12(6-2)11(4)19(17(13)21)15-10(3)9-14(20)18-16(15)22;1-2/h5-8,15H,3-4,9H2,1-2H3,(H,18,20,22);1-2H3/b7-5-,12-6-,13-8+;. The lowest BCUT2D eigenvalue weighted by Crippen LogP contribution is -2.52. The normalized spacial score (nSPS) is 24.8. The second-order valence-electron chi connectivity index (χ2n) is 5.08. The molecule has 4 nitrogen and oxygen atoms in total. The maximum Gasteiger partial charge on any atom is 0.259 e. The predicted molar refractivity (Wildman–Crippen MR) is 102 cm³/mol. The van der Waals surface area contributed by atoms with E-state index < -0.39 is 6.04 Å². The Morgan fingerprint density at radius 3 is 2.33 bits per heavy atom. The number of piperidine rings is 1. The van der Waals surface area contributed by atoms with E-state index >= 15 is 0 Å². The van der Waals surface area contributed by atoms with Crippen LogP contribution in [0.4, 0.5) is 0 Å². The third-order valence-electron chi connectivity index (χ3n) is 3.63. The molecule has 0 aromatic heterocycles. The van der Waals surface area contributed by atoms with E-state index in [2.05, 4.69) is 18.5 Å². The van der Waals surface area contributed by atoms with Gasteiger partial charge in [-0.1, -0.05) is 57.5 Å². The van der Waals surface area contributed by atoms with Gasteiger partial charge in [0.1, 0.15) is 11.0 Å². The van der Waals surface area contributed by atoms with E-state index in [1.165, 1.54) is 4.90 Å². The Morgan fingerprint density at radius 2 is 1.83 bits per heavy atom. The summed E-state index contributed by atoms with van der Waals surface area (Å²) in [6.45, 7) is 15.7. The first-order chi connectivity index (χ1) is 11.4. The average molecular weight is 344 g/mol. The molecule has 2 saturated heterocycles. The first kappa shape index (κ1) is 19.8. The summed E-state index contributed by atoms with van der Waals surface area (Å²) in [5, 5.41) is 2.61. The molecule has 5 heteroatoms. The zero-order valence-corrected chi connectivity index (χ0v) is 15.5. The number of thiocarbonyl (C=S) groups is 1. The van der Waals surface area contributed by atoms with Gasteiger partial charge in [-0.25, -0.2) is 0 Å². The van der Waals surface area contributed by atoms with Crippen molar-refractivity contribution < 1.29 is 9.59 Å². The van der Waals surface area contributed by atoms with Crippen LogP contribution in [0.1, 0.15) is 34.1 Å². The second-order valence-corrected chi connectivity index (χ2v) is 5.52. The molecule has 2 aliphatic heterocycles. The van der Waals surface area contributed by atoms with E-state index in [1.807, 2.05) is 45.9 Å². The maximum atomic E-state index is 12.8. The molecule has 1 atom stereocenters. The number of hydrogen-bond acceptors (Lipinski definition) is 3. The molecule has 1 unspecified atom stereocenters. The minimum absolute atomic E-state index is 0.154. The van der Waals surface area contributed by atoms with Crippen molar-refractivity contribution >= 4 is 29.0 Å². The van der Waals surface area contributed by atoms with Crippen LogP contribution >= 0.6 is 12.2 Å². The fourth-order valence-corrected chi connectivity index (χ4v) is 3.03. The van der Waals surface area contributed by atoms with Gasteiger partial charge in [0.05, 0.1) is 6.42 Å². The average Bonchev–Trinajstić information content (AvgIpc) is 2.77. The van der Waals surface area contributed by atoms with Crippen molar-refractivity contribution in [3.63, 3.8) is 0 Å². The molecule has 1 N–H and O–H groups in total. The van der Waals surface area contributed by atoms with E-state index in [4.69, 9.17) is 12.2 Å². The monoisotopic (exact) mass is 344 g/mol. The van der Waals surface area contributed by atoms with Crippen molar-refractivity contribution in [2.45, 2.75) is 40.2 Å². The zero-order valence-electron chi connectivity index (χ0n) is 14.7. The quantitative estimate of drug-likeness (QED) is 0.473. The summed E-state index contributed by atoms with van der Waals surface area (Å²) in [7, 11) is 0. The van der Waals surface area contributed by atoms with E-state index in [-0.39, 0.29) is 18.2 Å². The maximum absolute atomic E-state index is 12.8. The number of rotatable bonds is 2. The van der Waals surface area contributed by atoms with Gasteiger partial charge in [-0.2, -0.15) is 0 Å². The first-order valence-electron chi connectivity index (χ1n) is 7.96. The van der Waals surface area contributed by atoms with Crippen LogP contribution in [0.2, 0.25) is 0 Å². The second kappa shape index (κ2) is 8.55. The van der Waals surface area contributed by atoms with E-state index in [9.17, 15) is 9.59 Å². The number of amides is 2. The van der Waals surface area contributed by atoms with Crippen LogP contribution in [0, 0.1) is 0 Å². The van der Waals surface area contributed by atoms with Crippen molar-refractivity contribution in [1.82, 2.24) is 10.2 Å². The summed E-state index contributed by atoms with van der Waals surface area (Å²) in [5.41, 5.74) is 2.52. The lowest BCUT2D eigenvalue weighted by atomic mass is 9.99. The molecule has 2 rings (SSSR count). The van der Waals surface area contributed by atoms with E-state index in [1.54, 1.807) is 6.08 Å². The highest BCUT2D eigenvalue weighted by atomic mass is 32.1. The Hall–Kier alpha value is -2.27. The summed E-state index contributed by atoms with van der Waals surface area (Å²) < 4.78 is 0. The molecule has 0 radical (unpaired) electrons. The van der Waals surface area contributed by atoms with Crippen LogP contribution in [0.15, 0.2) is 59.9 Å². The highest BCUT2D eigenvalue weighted by Crippen LogP contribution is 2.36. The third-order valence-corrected chi connectivity index (χ3v) is 3.95. The molecule has 0 aliphatic carbocycles. The number of likely N-dealkylation sites (tertiary alicyclic amines) is 1. The minimum Gasteiger partial charge on any atom is -0.318 e. The molecule has 2 heterocycles. The third kappa shape index (κ3) is 3.62. The molecule has 128 valence electrons. The van der Waals surface area contributed by atoms with Gasteiger partial charge in [0.2, 0.25) is 5.91 Å². The molecular formula is C19H24N2O2S. The van der Waals surface area contributed by atoms with E-state index in [0.29, 0.717) is 21.8 Å². The summed E-state index contributed by atoms with van der Waals surface area (Å²) >= 11 is 5.24. The lowest BCUT2D eigenvalue weighted by Gasteiger charge is -2.33. The van der Waals surface area contributed by atoms with Crippen molar-refractivity contribution in [3.8, 4) is 0 Å². The predicted octanol–water partition coefficient (Wildman–Crippen LogP) is 3.59. The van der Waals surface area contributed by atoms with Crippen molar-refractivity contribution in [1.29, 1.82) is 0 Å². The van der Waals surface area contributed by atoms with Gasteiger partial charge in [0, 0.05) is 16.8 Å². The summed E-state index contributed by atoms with van der Waals surface area (Å²) in [6, 6.07) is -0.529. The molecule has 24 heavy (non-hydrogen) atoms. The fraction of sp³-hybridized carbons (Fsp3) is 0.316. The zero-order chi connectivity index (χ0) is 18.4. The minimum atomic E-state index is -0.529. The number of nitrogens with zero attached hydrogens (tertiary/aromatic N) is 1. The van der Waals surface area contributed by atoms with Crippen LogP contribution in [0.3, 0.4) is 0 Å². The van der Waals surface area contributed by atoms with Crippen LogP contribution in [0.5, 0.6) is 0 Å². The number of carbonyl (C=O) groups is 2. The van der Waals surface area contributed by atoms with Gasteiger partial charge in [0.15, 0.2) is 0 Å². The SMILES string of the molecule is C=C1CC(=O)NC(=S)C1N1C(=C)C(=C/C)/C(=C\C=C/C)C1=O.CC. The van der Waals surface area contributed by atoms with Crippen LogP contribution in [-0.2, 0) is 9.59 Å². The van der Waals surface area contributed by atoms with Crippen LogP contribution in [-0.4, -0.2) is 27.7 Å². The van der Waals surface area contributed by atoms with Crippen molar-refractivity contribution in [3.05, 3.63) is 59.9 Å². The van der Waals surface area contributed by atoms with Crippen LogP contribution in [0.25, 0.3) is 0 Å². The van der Waals surface area contributed by atoms with Gasteiger partial charge in [-0.3, -0.25) is 14.5 Å². The summed E-state index contributed by atoms with van der Waals surface area (Å²) in [4.78, 5) is 26.1. The molecule has 0 saturated carbocycles. The molecule has 0 bridgehead atoms. The number of allylic oxidation sites excluding steroid dienone is 5. The molecular weight excluding hydrogens is 320 g/mol. The Morgan fingerprint density at radius 1 is 1.21 bits per heavy atom. The largest absolute Gasteiger partial charge is 0.318 e. The van der Waals surface area contributed by atoms with Gasteiger partial charge < -0.3 is 5.32 Å². The Balaban J connectivity index is 0.00000139. The highest BCUT2D eigenvalue weighted by Gasteiger charge is 2.42. The van der Waals surface area contributed by atoms with Crippen molar-refractivity contribution in [2.75, 3.05) is 0 Å². The molecule has 0 aromatic carbocycles. The molecule has 2 amide bonds. The van der Waals surface area contributed by atoms with Crippen LogP contribution < -0.4 is 5.32 Å². The Labute approximate surface area is 149 Å².